The predicted octanol–water partition coefficient (Wildman–Crippen LogP) is 2.36. The number of carbonyl (C=O) groups excluding carboxylic acids is 1. The molecule has 1 amide bonds. The summed E-state index contributed by atoms with van der Waals surface area (Å²) in [6.07, 6.45) is 5.36. The molecule has 5 nitrogen and oxygen atoms in total. The number of amides is 1. The van der Waals surface area contributed by atoms with Gasteiger partial charge in [-0.25, -0.2) is 4.99 Å². The summed E-state index contributed by atoms with van der Waals surface area (Å²) in [7, 11) is 0. The van der Waals surface area contributed by atoms with Gasteiger partial charge in [-0.2, -0.15) is 0 Å². The Morgan fingerprint density at radius 3 is 2.64 bits per heavy atom. The van der Waals surface area contributed by atoms with Crippen LogP contribution in [0.4, 0.5) is 5.69 Å². The van der Waals surface area contributed by atoms with Crippen molar-refractivity contribution in [1.29, 1.82) is 0 Å². The fourth-order valence-electron chi connectivity index (χ4n) is 2.15. The molecule has 0 aliphatic rings. The number of hydrogen-bond donors (Lipinski definition) is 3. The second-order valence-corrected chi connectivity index (χ2v) is 5.31. The normalized spacial score (nSPS) is 10.6. The van der Waals surface area contributed by atoms with Crippen LogP contribution in [0.25, 0.3) is 0 Å². The van der Waals surface area contributed by atoms with Gasteiger partial charge < -0.3 is 16.0 Å². The van der Waals surface area contributed by atoms with E-state index in [0.29, 0.717) is 24.7 Å². The zero-order chi connectivity index (χ0) is 17.9. The Bertz CT molecular complexity index is 763. The molecule has 0 bridgehead atoms. The average Bonchev–Trinajstić information content (AvgIpc) is 2.65. The Hall–Kier alpha value is -3.26. The van der Waals surface area contributed by atoms with Crippen LogP contribution in [0.1, 0.15) is 18.1 Å². The van der Waals surface area contributed by atoms with Crippen LogP contribution < -0.4 is 16.0 Å². The lowest BCUT2D eigenvalue weighted by molar-refractivity contribution is -0.115. The van der Waals surface area contributed by atoms with Crippen molar-refractivity contribution in [2.45, 2.75) is 13.5 Å². The van der Waals surface area contributed by atoms with Crippen LogP contribution in [0.15, 0.2) is 59.6 Å². The van der Waals surface area contributed by atoms with Crippen molar-refractivity contribution in [3.05, 3.63) is 65.7 Å². The molecule has 0 aromatic heterocycles. The summed E-state index contributed by atoms with van der Waals surface area (Å²) in [6.45, 7) is 3.35. The molecule has 0 saturated carbocycles. The lowest BCUT2D eigenvalue weighted by Gasteiger charge is -2.11. The fraction of sp³-hybridized carbons (Fsp3) is 0.200. The molecule has 0 unspecified atom stereocenters. The van der Waals surface area contributed by atoms with Crippen molar-refractivity contribution in [2.75, 3.05) is 18.4 Å². The lowest BCUT2D eigenvalue weighted by Crippen LogP contribution is -2.41. The number of benzene rings is 2. The minimum Gasteiger partial charge on any atom is -0.357 e. The van der Waals surface area contributed by atoms with Crippen LogP contribution in [0, 0.1) is 12.3 Å². The van der Waals surface area contributed by atoms with Crippen molar-refractivity contribution in [1.82, 2.24) is 10.6 Å². The van der Waals surface area contributed by atoms with Crippen LogP contribution in [-0.4, -0.2) is 25.0 Å². The van der Waals surface area contributed by atoms with E-state index >= 15 is 0 Å². The molecular formula is C20H22N4O. The number of nitrogens with one attached hydrogen (secondary N) is 3. The highest BCUT2D eigenvalue weighted by Gasteiger charge is 2.04. The van der Waals surface area contributed by atoms with Gasteiger partial charge in [-0.05, 0) is 30.7 Å². The van der Waals surface area contributed by atoms with Crippen LogP contribution >= 0.6 is 0 Å². The molecule has 2 aromatic rings. The SMILES string of the molecule is C#Cc1cccc(NC(=O)CNC(=NCc2ccccc2)NCC)c1. The number of hydrogen-bond acceptors (Lipinski definition) is 2. The molecule has 25 heavy (non-hydrogen) atoms. The Morgan fingerprint density at radius 1 is 1.12 bits per heavy atom. The summed E-state index contributed by atoms with van der Waals surface area (Å²) in [5.41, 5.74) is 2.51. The predicted molar refractivity (Wildman–Crippen MR) is 102 cm³/mol. The smallest absolute Gasteiger partial charge is 0.243 e. The molecule has 0 spiro atoms. The van der Waals surface area contributed by atoms with E-state index in [9.17, 15) is 4.79 Å². The minimum absolute atomic E-state index is 0.112. The molecule has 0 fully saturated rings. The average molecular weight is 334 g/mol. The van der Waals surface area contributed by atoms with Gasteiger partial charge in [0.1, 0.15) is 0 Å². The monoisotopic (exact) mass is 334 g/mol. The van der Waals surface area contributed by atoms with E-state index in [2.05, 4.69) is 26.9 Å². The third-order valence-electron chi connectivity index (χ3n) is 3.34. The van der Waals surface area contributed by atoms with E-state index in [-0.39, 0.29) is 12.5 Å². The van der Waals surface area contributed by atoms with Gasteiger partial charge in [-0.15, -0.1) is 6.42 Å². The van der Waals surface area contributed by atoms with Crippen LogP contribution in [-0.2, 0) is 11.3 Å². The number of guanidine groups is 1. The van der Waals surface area contributed by atoms with E-state index in [1.54, 1.807) is 12.1 Å². The largest absolute Gasteiger partial charge is 0.357 e. The van der Waals surface area contributed by atoms with E-state index in [4.69, 9.17) is 6.42 Å². The molecule has 5 heteroatoms. The van der Waals surface area contributed by atoms with Crippen molar-refractivity contribution in [2.24, 2.45) is 4.99 Å². The molecule has 0 saturated heterocycles. The lowest BCUT2D eigenvalue weighted by atomic mass is 10.2. The molecular weight excluding hydrogens is 312 g/mol. The summed E-state index contributed by atoms with van der Waals surface area (Å²) < 4.78 is 0. The van der Waals surface area contributed by atoms with Gasteiger partial charge in [0.2, 0.25) is 5.91 Å². The molecule has 128 valence electrons. The second-order valence-electron chi connectivity index (χ2n) is 5.31. The maximum absolute atomic E-state index is 12.1. The van der Waals surface area contributed by atoms with Gasteiger partial charge in [-0.1, -0.05) is 42.3 Å². The Kier molecular flexibility index (Phi) is 7.08. The van der Waals surface area contributed by atoms with Gasteiger partial charge >= 0.3 is 0 Å². The maximum Gasteiger partial charge on any atom is 0.243 e. The number of anilines is 1. The number of aliphatic imine (C=N–C) groups is 1. The number of rotatable bonds is 6. The molecule has 0 heterocycles. The van der Waals surface area contributed by atoms with Gasteiger partial charge in [-0.3, -0.25) is 4.79 Å². The zero-order valence-electron chi connectivity index (χ0n) is 14.3. The van der Waals surface area contributed by atoms with Gasteiger partial charge in [0.05, 0.1) is 13.1 Å². The summed E-state index contributed by atoms with van der Waals surface area (Å²) in [5.74, 6) is 2.97. The molecule has 2 aromatic carbocycles. The first-order chi connectivity index (χ1) is 12.2. The van der Waals surface area contributed by atoms with Crippen LogP contribution in [0.2, 0.25) is 0 Å². The van der Waals surface area contributed by atoms with Crippen LogP contribution in [0.3, 0.4) is 0 Å². The third-order valence-corrected chi connectivity index (χ3v) is 3.34. The van der Waals surface area contributed by atoms with E-state index < -0.39 is 0 Å². The first kappa shape index (κ1) is 18.1. The minimum atomic E-state index is -0.167. The molecule has 2 rings (SSSR count). The highest BCUT2D eigenvalue weighted by Crippen LogP contribution is 2.09. The summed E-state index contributed by atoms with van der Waals surface area (Å²) in [4.78, 5) is 16.6. The number of carbonyl (C=O) groups is 1. The van der Waals surface area contributed by atoms with Crippen molar-refractivity contribution in [3.63, 3.8) is 0 Å². The van der Waals surface area contributed by atoms with E-state index in [1.807, 2.05) is 49.4 Å². The fourth-order valence-corrected chi connectivity index (χ4v) is 2.15. The first-order valence-corrected chi connectivity index (χ1v) is 8.14. The maximum atomic E-state index is 12.1. The Labute approximate surface area is 148 Å². The molecule has 0 atom stereocenters. The van der Waals surface area contributed by atoms with Crippen molar-refractivity contribution >= 4 is 17.6 Å². The quantitative estimate of drug-likeness (QED) is 0.432. The zero-order valence-corrected chi connectivity index (χ0v) is 14.3. The topological polar surface area (TPSA) is 65.5 Å². The van der Waals surface area contributed by atoms with E-state index in [1.165, 1.54) is 0 Å². The van der Waals surface area contributed by atoms with Crippen LogP contribution in [0.5, 0.6) is 0 Å². The van der Waals surface area contributed by atoms with Gasteiger partial charge in [0, 0.05) is 17.8 Å². The highest BCUT2D eigenvalue weighted by molar-refractivity contribution is 5.95. The summed E-state index contributed by atoms with van der Waals surface area (Å²) >= 11 is 0. The van der Waals surface area contributed by atoms with Crippen molar-refractivity contribution in [3.8, 4) is 12.3 Å². The standard InChI is InChI=1S/C20H22N4O/c1-3-16-11-8-12-18(13-16)24-19(25)15-23-20(21-4-2)22-14-17-9-6-5-7-10-17/h1,5-13H,4,14-15H2,2H3,(H,24,25)(H2,21,22,23). The summed E-state index contributed by atoms with van der Waals surface area (Å²) in [6, 6.07) is 17.1. The second kappa shape index (κ2) is 9.78. The number of terminal acetylenes is 1. The van der Waals surface area contributed by atoms with Gasteiger partial charge in [0.25, 0.3) is 0 Å². The molecule has 0 radical (unpaired) electrons. The van der Waals surface area contributed by atoms with Crippen molar-refractivity contribution < 1.29 is 4.79 Å². The summed E-state index contributed by atoms with van der Waals surface area (Å²) in [5, 5.41) is 8.96. The first-order valence-electron chi connectivity index (χ1n) is 8.14. The van der Waals surface area contributed by atoms with E-state index in [0.717, 1.165) is 11.1 Å². The number of nitrogens with zero attached hydrogens (tertiary/aromatic N) is 1. The highest BCUT2D eigenvalue weighted by atomic mass is 16.1. The molecule has 0 aliphatic carbocycles. The molecule has 0 aliphatic heterocycles. The Balaban J connectivity index is 1.89. The Morgan fingerprint density at radius 2 is 1.92 bits per heavy atom. The third kappa shape index (κ3) is 6.40. The van der Waals surface area contributed by atoms with Gasteiger partial charge in [0.15, 0.2) is 5.96 Å². The molecule has 3 N–H and O–H groups in total.